The third kappa shape index (κ3) is 3.62. The average molecular weight is 256 g/mol. The summed E-state index contributed by atoms with van der Waals surface area (Å²) in [5.41, 5.74) is -0.904. The second-order valence-electron chi connectivity index (χ2n) is 3.03. The van der Waals surface area contributed by atoms with Crippen LogP contribution in [0.5, 0.6) is 0 Å². The summed E-state index contributed by atoms with van der Waals surface area (Å²) in [7, 11) is 0. The third-order valence-electron chi connectivity index (χ3n) is 1.78. The van der Waals surface area contributed by atoms with E-state index in [2.05, 4.69) is 15.0 Å². The molecule has 0 aliphatic rings. The number of ether oxygens (including phenoxy) is 1. The van der Waals surface area contributed by atoms with Gasteiger partial charge in [-0.3, -0.25) is 0 Å². The molecule has 0 atom stereocenters. The molecular weight excluding hydrogens is 246 g/mol. The van der Waals surface area contributed by atoms with Crippen molar-refractivity contribution in [1.29, 1.82) is 0 Å². The number of halogens is 2. The molecule has 0 radical (unpaired) electrons. The summed E-state index contributed by atoms with van der Waals surface area (Å²) >= 11 is 0. The van der Waals surface area contributed by atoms with Crippen molar-refractivity contribution in [1.82, 2.24) is 0 Å². The van der Waals surface area contributed by atoms with E-state index in [0.717, 1.165) is 18.2 Å². The minimum Gasteiger partial charge on any atom is -0.513 e. The lowest BCUT2D eigenvalue weighted by molar-refractivity contribution is -0.138. The monoisotopic (exact) mass is 256 g/mol. The summed E-state index contributed by atoms with van der Waals surface area (Å²) in [4.78, 5) is 11.2. The minimum absolute atomic E-state index is 0.0834. The van der Waals surface area contributed by atoms with E-state index in [0.29, 0.717) is 6.26 Å². The standard InChI is InChI=1S/C11H10F2N2O3/c1-2-18-11(17)10(6-16)15-14-9-5-7(12)3-4-8(9)13/h3-6,16H,2H2,1H3/b10-6+,15-14?. The average Bonchev–Trinajstić information content (AvgIpc) is 2.34. The zero-order chi connectivity index (χ0) is 13.5. The first kappa shape index (κ1) is 13.8. The Morgan fingerprint density at radius 2 is 2.22 bits per heavy atom. The molecule has 7 heteroatoms. The second-order valence-corrected chi connectivity index (χ2v) is 3.03. The first-order valence-corrected chi connectivity index (χ1v) is 4.96. The van der Waals surface area contributed by atoms with Crippen molar-refractivity contribution in [2.45, 2.75) is 6.92 Å². The van der Waals surface area contributed by atoms with E-state index in [-0.39, 0.29) is 6.61 Å². The fraction of sp³-hybridized carbons (Fsp3) is 0.182. The molecule has 0 saturated heterocycles. The molecular formula is C11H10F2N2O3. The minimum atomic E-state index is -0.916. The summed E-state index contributed by atoms with van der Waals surface area (Å²) in [6.45, 7) is 1.65. The first-order chi connectivity index (χ1) is 8.58. The molecule has 0 amide bonds. The van der Waals surface area contributed by atoms with Crippen LogP contribution in [0.3, 0.4) is 0 Å². The summed E-state index contributed by atoms with van der Waals surface area (Å²) in [5, 5.41) is 15.4. The Balaban J connectivity index is 2.91. The van der Waals surface area contributed by atoms with Crippen molar-refractivity contribution in [3.05, 3.63) is 41.8 Å². The van der Waals surface area contributed by atoms with Gasteiger partial charge in [0.1, 0.15) is 17.8 Å². The predicted octanol–water partition coefficient (Wildman–Crippen LogP) is 3.01. The fourth-order valence-electron chi connectivity index (χ4n) is 0.995. The number of esters is 1. The lowest BCUT2D eigenvalue weighted by Crippen LogP contribution is -2.05. The predicted molar refractivity (Wildman–Crippen MR) is 58.2 cm³/mol. The van der Waals surface area contributed by atoms with Gasteiger partial charge in [-0.25, -0.2) is 13.6 Å². The number of carbonyl (C=O) groups is 1. The van der Waals surface area contributed by atoms with Gasteiger partial charge in [0, 0.05) is 6.07 Å². The van der Waals surface area contributed by atoms with Crippen molar-refractivity contribution < 1.29 is 23.4 Å². The number of rotatable bonds is 4. The van der Waals surface area contributed by atoms with Crippen LogP contribution in [0.4, 0.5) is 14.5 Å². The van der Waals surface area contributed by atoms with Gasteiger partial charge >= 0.3 is 5.97 Å². The molecule has 0 unspecified atom stereocenters. The van der Waals surface area contributed by atoms with Gasteiger partial charge in [-0.05, 0) is 19.1 Å². The number of nitrogens with zero attached hydrogens (tertiary/aromatic N) is 2. The summed E-state index contributed by atoms with van der Waals surface area (Å²) in [5.74, 6) is -2.42. The zero-order valence-electron chi connectivity index (χ0n) is 9.43. The van der Waals surface area contributed by atoms with Gasteiger partial charge in [-0.1, -0.05) is 0 Å². The number of aliphatic hydroxyl groups is 1. The molecule has 0 saturated carbocycles. The van der Waals surface area contributed by atoms with Crippen LogP contribution in [0, 0.1) is 11.6 Å². The molecule has 0 fully saturated rings. The van der Waals surface area contributed by atoms with E-state index in [4.69, 9.17) is 5.11 Å². The molecule has 1 aromatic carbocycles. The van der Waals surface area contributed by atoms with Crippen LogP contribution in [0.15, 0.2) is 40.4 Å². The molecule has 1 aromatic rings. The fourth-order valence-corrected chi connectivity index (χ4v) is 0.995. The largest absolute Gasteiger partial charge is 0.513 e. The molecule has 0 aliphatic heterocycles. The van der Waals surface area contributed by atoms with Crippen molar-refractivity contribution in [2.24, 2.45) is 10.2 Å². The van der Waals surface area contributed by atoms with E-state index in [1.165, 1.54) is 0 Å². The number of azo groups is 1. The smallest absolute Gasteiger partial charge is 0.362 e. The summed E-state index contributed by atoms with van der Waals surface area (Å²) < 4.78 is 30.5. The van der Waals surface area contributed by atoms with Crippen LogP contribution in [0.25, 0.3) is 0 Å². The van der Waals surface area contributed by atoms with Crippen LogP contribution in [0.1, 0.15) is 6.92 Å². The van der Waals surface area contributed by atoms with Crippen LogP contribution < -0.4 is 0 Å². The molecule has 1 N–H and O–H groups in total. The highest BCUT2D eigenvalue weighted by molar-refractivity contribution is 5.87. The maximum atomic E-state index is 13.2. The molecule has 18 heavy (non-hydrogen) atoms. The Hall–Kier alpha value is -2.31. The van der Waals surface area contributed by atoms with Gasteiger partial charge in [0.2, 0.25) is 5.70 Å². The van der Waals surface area contributed by atoms with E-state index in [9.17, 15) is 13.6 Å². The molecule has 0 bridgehead atoms. The first-order valence-electron chi connectivity index (χ1n) is 4.96. The van der Waals surface area contributed by atoms with Crippen LogP contribution >= 0.6 is 0 Å². The van der Waals surface area contributed by atoms with E-state index in [1.54, 1.807) is 6.92 Å². The van der Waals surface area contributed by atoms with Gasteiger partial charge in [0.25, 0.3) is 0 Å². The lowest BCUT2D eigenvalue weighted by Gasteiger charge is -1.99. The molecule has 0 aromatic heterocycles. The molecule has 0 heterocycles. The van der Waals surface area contributed by atoms with Crippen molar-refractivity contribution in [3.63, 3.8) is 0 Å². The van der Waals surface area contributed by atoms with Crippen LogP contribution in [0.2, 0.25) is 0 Å². The maximum Gasteiger partial charge on any atom is 0.362 e. The third-order valence-corrected chi connectivity index (χ3v) is 1.78. The van der Waals surface area contributed by atoms with E-state index >= 15 is 0 Å². The number of hydrogen-bond acceptors (Lipinski definition) is 5. The quantitative estimate of drug-likeness (QED) is 0.389. The Kier molecular flexibility index (Phi) is 4.91. The molecule has 96 valence electrons. The topological polar surface area (TPSA) is 71.2 Å². The SMILES string of the molecule is CCOC(=O)/C(=C\O)N=Nc1cc(F)ccc1F. The number of hydrogen-bond donors (Lipinski definition) is 1. The van der Waals surface area contributed by atoms with Gasteiger partial charge < -0.3 is 9.84 Å². The van der Waals surface area contributed by atoms with Gasteiger partial charge in [-0.15, -0.1) is 10.2 Å². The molecule has 0 aliphatic carbocycles. The van der Waals surface area contributed by atoms with E-state index in [1.807, 2.05) is 0 Å². The van der Waals surface area contributed by atoms with Crippen molar-refractivity contribution in [3.8, 4) is 0 Å². The number of aliphatic hydroxyl groups excluding tert-OH is 1. The lowest BCUT2D eigenvalue weighted by atomic mass is 10.3. The van der Waals surface area contributed by atoms with Gasteiger partial charge in [0.05, 0.1) is 6.61 Å². The van der Waals surface area contributed by atoms with Gasteiger partial charge in [-0.2, -0.15) is 0 Å². The Morgan fingerprint density at radius 1 is 1.50 bits per heavy atom. The Labute approximate surface area is 101 Å². The zero-order valence-corrected chi connectivity index (χ0v) is 9.43. The van der Waals surface area contributed by atoms with Gasteiger partial charge in [0.15, 0.2) is 5.82 Å². The summed E-state index contributed by atoms with van der Waals surface area (Å²) in [6.07, 6.45) is 0.374. The molecule has 5 nitrogen and oxygen atoms in total. The highest BCUT2D eigenvalue weighted by Crippen LogP contribution is 2.20. The Morgan fingerprint density at radius 3 is 2.83 bits per heavy atom. The van der Waals surface area contributed by atoms with Crippen molar-refractivity contribution >= 4 is 11.7 Å². The van der Waals surface area contributed by atoms with E-state index < -0.39 is 29.0 Å². The molecule has 1 rings (SSSR count). The normalized spacial score (nSPS) is 11.8. The number of benzene rings is 1. The highest BCUT2D eigenvalue weighted by Gasteiger charge is 2.10. The highest BCUT2D eigenvalue weighted by atomic mass is 19.1. The summed E-state index contributed by atoms with van der Waals surface area (Å²) in [6, 6.07) is 2.60. The van der Waals surface area contributed by atoms with Crippen LogP contribution in [-0.2, 0) is 9.53 Å². The van der Waals surface area contributed by atoms with Crippen LogP contribution in [-0.4, -0.2) is 17.7 Å². The second kappa shape index (κ2) is 6.43. The maximum absolute atomic E-state index is 13.2. The molecule has 0 spiro atoms. The van der Waals surface area contributed by atoms with Crippen molar-refractivity contribution in [2.75, 3.05) is 6.61 Å². The Bertz CT molecular complexity index is 501. The number of carbonyl (C=O) groups excluding carboxylic acids is 1.